The fourth-order valence-corrected chi connectivity index (χ4v) is 2.04. The maximum atomic E-state index is 10.3. The van der Waals surface area contributed by atoms with Crippen molar-refractivity contribution >= 4 is 5.97 Å². The maximum Gasteiger partial charge on any atom is 0.303 e. The highest BCUT2D eigenvalue weighted by Crippen LogP contribution is 2.43. The van der Waals surface area contributed by atoms with Gasteiger partial charge in [0.1, 0.15) is 0 Å². The van der Waals surface area contributed by atoms with E-state index < -0.39 is 5.97 Å². The van der Waals surface area contributed by atoms with E-state index in [-0.39, 0.29) is 0 Å². The van der Waals surface area contributed by atoms with Crippen molar-refractivity contribution in [1.29, 1.82) is 0 Å². The second-order valence-electron chi connectivity index (χ2n) is 3.62. The molecule has 1 saturated carbocycles. The maximum absolute atomic E-state index is 10.3. The summed E-state index contributed by atoms with van der Waals surface area (Å²) in [7, 11) is 0. The van der Waals surface area contributed by atoms with E-state index in [0.717, 1.165) is 12.3 Å². The van der Waals surface area contributed by atoms with E-state index in [2.05, 4.69) is 13.8 Å². The van der Waals surface area contributed by atoms with E-state index in [1.807, 2.05) is 0 Å². The van der Waals surface area contributed by atoms with Crippen molar-refractivity contribution in [2.45, 2.75) is 33.1 Å². The molecule has 64 valence electrons. The first-order valence-electron chi connectivity index (χ1n) is 4.37. The normalized spacial score (nSPS) is 36.4. The zero-order chi connectivity index (χ0) is 8.43. The van der Waals surface area contributed by atoms with Gasteiger partial charge >= 0.3 is 5.97 Å². The van der Waals surface area contributed by atoms with Crippen molar-refractivity contribution < 1.29 is 9.90 Å². The molecule has 0 aromatic heterocycles. The quantitative estimate of drug-likeness (QED) is 0.679. The third-order valence-electron chi connectivity index (χ3n) is 3.05. The summed E-state index contributed by atoms with van der Waals surface area (Å²) in [5.41, 5.74) is 0. The first-order chi connectivity index (χ1) is 5.15. The summed E-state index contributed by atoms with van der Waals surface area (Å²) in [4.78, 5) is 10.3. The highest BCUT2D eigenvalue weighted by molar-refractivity contribution is 5.67. The summed E-state index contributed by atoms with van der Waals surface area (Å²) in [6, 6.07) is 0. The molecule has 0 aromatic rings. The molecular weight excluding hydrogens is 140 g/mol. The molecule has 0 radical (unpaired) electrons. The molecule has 0 heterocycles. The molecule has 1 aliphatic carbocycles. The van der Waals surface area contributed by atoms with Crippen molar-refractivity contribution in [2.24, 2.45) is 17.8 Å². The molecule has 3 atom stereocenters. The van der Waals surface area contributed by atoms with Crippen LogP contribution in [0.1, 0.15) is 33.1 Å². The van der Waals surface area contributed by atoms with Gasteiger partial charge < -0.3 is 5.11 Å². The van der Waals surface area contributed by atoms with Gasteiger partial charge in [-0.05, 0) is 24.2 Å². The molecule has 1 N–H and O–H groups in total. The molecule has 2 nitrogen and oxygen atoms in total. The second kappa shape index (κ2) is 3.24. The Bertz CT molecular complexity index is 154. The molecule has 0 spiro atoms. The average molecular weight is 156 g/mol. The van der Waals surface area contributed by atoms with Crippen molar-refractivity contribution in [3.63, 3.8) is 0 Å². The second-order valence-corrected chi connectivity index (χ2v) is 3.62. The van der Waals surface area contributed by atoms with Crippen molar-refractivity contribution in [3.05, 3.63) is 0 Å². The Morgan fingerprint density at radius 2 is 2.18 bits per heavy atom. The van der Waals surface area contributed by atoms with Crippen molar-refractivity contribution in [1.82, 2.24) is 0 Å². The molecular formula is C9H16O2. The number of rotatable bonds is 3. The molecule has 1 rings (SSSR count). The molecule has 0 aromatic carbocycles. The van der Waals surface area contributed by atoms with Crippen LogP contribution in [0.2, 0.25) is 0 Å². The molecule has 11 heavy (non-hydrogen) atoms. The minimum absolute atomic E-state index is 0.373. The molecule has 3 unspecified atom stereocenters. The zero-order valence-corrected chi connectivity index (χ0v) is 7.21. The van der Waals surface area contributed by atoms with Crippen LogP contribution in [0.5, 0.6) is 0 Å². The number of carboxylic acid groups (broad SMARTS) is 1. The van der Waals surface area contributed by atoms with E-state index in [1.165, 1.54) is 6.42 Å². The summed E-state index contributed by atoms with van der Waals surface area (Å²) < 4.78 is 0. The predicted molar refractivity (Wildman–Crippen MR) is 43.3 cm³/mol. The van der Waals surface area contributed by atoms with E-state index in [0.29, 0.717) is 18.3 Å². The number of carboxylic acids is 1. The van der Waals surface area contributed by atoms with Crippen molar-refractivity contribution in [3.8, 4) is 0 Å². The Hall–Kier alpha value is -0.530. The molecule has 1 fully saturated rings. The molecule has 0 amide bonds. The summed E-state index contributed by atoms with van der Waals surface area (Å²) in [6.45, 7) is 4.35. The minimum atomic E-state index is -0.642. The van der Waals surface area contributed by atoms with Crippen LogP contribution in [0, 0.1) is 17.8 Å². The third-order valence-corrected chi connectivity index (χ3v) is 3.05. The van der Waals surface area contributed by atoms with E-state index in [4.69, 9.17) is 5.11 Å². The first kappa shape index (κ1) is 8.57. The van der Waals surface area contributed by atoms with Gasteiger partial charge in [0.2, 0.25) is 0 Å². The van der Waals surface area contributed by atoms with Gasteiger partial charge in [0.25, 0.3) is 0 Å². The molecule has 0 saturated heterocycles. The minimum Gasteiger partial charge on any atom is -0.481 e. The molecule has 0 bridgehead atoms. The highest BCUT2D eigenvalue weighted by atomic mass is 16.4. The van der Waals surface area contributed by atoms with E-state index in [1.54, 1.807) is 0 Å². The highest BCUT2D eigenvalue weighted by Gasteiger charge is 2.36. The van der Waals surface area contributed by atoms with Gasteiger partial charge in [-0.15, -0.1) is 0 Å². The van der Waals surface area contributed by atoms with E-state index >= 15 is 0 Å². The lowest BCUT2D eigenvalue weighted by atomic mass is 9.63. The van der Waals surface area contributed by atoms with E-state index in [9.17, 15) is 4.79 Å². The SMILES string of the molecule is CCC1CC(CC(=O)O)C1C. The van der Waals surface area contributed by atoms with Crippen LogP contribution in [0.3, 0.4) is 0 Å². The Balaban J connectivity index is 2.27. The Morgan fingerprint density at radius 1 is 1.55 bits per heavy atom. The van der Waals surface area contributed by atoms with Crippen LogP contribution in [0.25, 0.3) is 0 Å². The number of carbonyl (C=O) groups is 1. The zero-order valence-electron chi connectivity index (χ0n) is 7.21. The van der Waals surface area contributed by atoms with Crippen LogP contribution in [-0.4, -0.2) is 11.1 Å². The van der Waals surface area contributed by atoms with Gasteiger partial charge in [-0.2, -0.15) is 0 Å². The molecule has 1 aliphatic rings. The van der Waals surface area contributed by atoms with Crippen LogP contribution >= 0.6 is 0 Å². The van der Waals surface area contributed by atoms with Crippen LogP contribution in [0.4, 0.5) is 0 Å². The number of hydrogen-bond donors (Lipinski definition) is 1. The lowest BCUT2D eigenvalue weighted by Crippen LogP contribution is -2.35. The Labute approximate surface area is 67.6 Å². The Kier molecular flexibility index (Phi) is 2.53. The number of hydrogen-bond acceptors (Lipinski definition) is 1. The summed E-state index contributed by atoms with van der Waals surface area (Å²) in [5, 5.41) is 8.53. The fourth-order valence-electron chi connectivity index (χ4n) is 2.04. The smallest absolute Gasteiger partial charge is 0.303 e. The lowest BCUT2D eigenvalue weighted by Gasteiger charge is -2.41. The van der Waals surface area contributed by atoms with Crippen LogP contribution < -0.4 is 0 Å². The largest absolute Gasteiger partial charge is 0.481 e. The van der Waals surface area contributed by atoms with Crippen LogP contribution in [-0.2, 0) is 4.79 Å². The van der Waals surface area contributed by atoms with Gasteiger partial charge in [-0.1, -0.05) is 20.3 Å². The van der Waals surface area contributed by atoms with Crippen molar-refractivity contribution in [2.75, 3.05) is 0 Å². The van der Waals surface area contributed by atoms with Gasteiger partial charge in [0, 0.05) is 6.42 Å². The first-order valence-corrected chi connectivity index (χ1v) is 4.37. The van der Waals surface area contributed by atoms with Gasteiger partial charge in [0.05, 0.1) is 0 Å². The molecule has 0 aliphatic heterocycles. The monoisotopic (exact) mass is 156 g/mol. The third kappa shape index (κ3) is 1.73. The Morgan fingerprint density at radius 3 is 2.55 bits per heavy atom. The average Bonchev–Trinajstić information content (AvgIpc) is 1.96. The summed E-state index contributed by atoms with van der Waals surface area (Å²) >= 11 is 0. The fraction of sp³-hybridized carbons (Fsp3) is 0.889. The van der Waals surface area contributed by atoms with Gasteiger partial charge in [-0.25, -0.2) is 0 Å². The summed E-state index contributed by atoms with van der Waals surface area (Å²) in [6.07, 6.45) is 2.71. The summed E-state index contributed by atoms with van der Waals surface area (Å²) in [5.74, 6) is 1.24. The number of aliphatic carboxylic acids is 1. The van der Waals surface area contributed by atoms with Gasteiger partial charge in [0.15, 0.2) is 0 Å². The predicted octanol–water partition coefficient (Wildman–Crippen LogP) is 2.14. The standard InChI is InChI=1S/C9H16O2/c1-3-7-4-8(6(7)2)5-9(10)11/h6-8H,3-5H2,1-2H3,(H,10,11). The van der Waals surface area contributed by atoms with Gasteiger partial charge in [-0.3, -0.25) is 4.79 Å². The lowest BCUT2D eigenvalue weighted by molar-refractivity contribution is -0.140. The van der Waals surface area contributed by atoms with Crippen LogP contribution in [0.15, 0.2) is 0 Å². The molecule has 2 heteroatoms. The topological polar surface area (TPSA) is 37.3 Å².